The number of rotatable bonds is 6. The SMILES string of the molecule is N[C@]12OC[C@@H](O)[C@H]1OC[C@H]2Oc1cc2nc(-c3ccc(-c4ccc(Oc5cccnc5)cc4)cc3)c(F)cc2[nH]1. The largest absolute Gasteiger partial charge is 0.468 e. The van der Waals surface area contributed by atoms with Gasteiger partial charge in [-0.15, -0.1) is 0 Å². The molecule has 0 saturated carbocycles. The van der Waals surface area contributed by atoms with Gasteiger partial charge in [-0.2, -0.15) is 0 Å². The number of aromatic amines is 1. The summed E-state index contributed by atoms with van der Waals surface area (Å²) in [5, 5.41) is 10.0. The molecule has 202 valence electrons. The van der Waals surface area contributed by atoms with Crippen molar-refractivity contribution in [2.75, 3.05) is 13.2 Å². The van der Waals surface area contributed by atoms with E-state index in [-0.39, 0.29) is 18.9 Å². The van der Waals surface area contributed by atoms with Crippen LogP contribution in [0.5, 0.6) is 17.4 Å². The van der Waals surface area contributed by atoms with Gasteiger partial charge in [0.2, 0.25) is 0 Å². The molecule has 0 aliphatic carbocycles. The molecule has 2 aliphatic heterocycles. The molecule has 40 heavy (non-hydrogen) atoms. The molecule has 2 fully saturated rings. The van der Waals surface area contributed by atoms with E-state index >= 15 is 4.39 Å². The van der Waals surface area contributed by atoms with Crippen LogP contribution in [0.3, 0.4) is 0 Å². The molecule has 5 heterocycles. The summed E-state index contributed by atoms with van der Waals surface area (Å²) < 4.78 is 38.1. The van der Waals surface area contributed by atoms with Crippen LogP contribution in [-0.2, 0) is 9.47 Å². The lowest BCUT2D eigenvalue weighted by Gasteiger charge is -2.27. The molecular weight excluding hydrogens is 515 g/mol. The van der Waals surface area contributed by atoms with Crippen LogP contribution in [0.4, 0.5) is 4.39 Å². The first-order valence-electron chi connectivity index (χ1n) is 12.8. The number of nitrogens with two attached hydrogens (primary N) is 1. The third-order valence-corrected chi connectivity index (χ3v) is 7.25. The summed E-state index contributed by atoms with van der Waals surface area (Å²) in [7, 11) is 0. The fraction of sp³-hybridized carbons (Fsp3) is 0.200. The topological polar surface area (TPSA) is 125 Å². The predicted octanol–water partition coefficient (Wildman–Crippen LogP) is 4.42. The van der Waals surface area contributed by atoms with Crippen LogP contribution in [0.2, 0.25) is 0 Å². The van der Waals surface area contributed by atoms with Gasteiger partial charge in [0.25, 0.3) is 0 Å². The van der Waals surface area contributed by atoms with Crippen molar-refractivity contribution in [1.82, 2.24) is 15.0 Å². The summed E-state index contributed by atoms with van der Waals surface area (Å²) in [5.74, 6) is 1.26. The van der Waals surface area contributed by atoms with E-state index in [9.17, 15) is 5.11 Å². The lowest BCUT2D eigenvalue weighted by atomic mass is 10.0. The van der Waals surface area contributed by atoms with E-state index < -0.39 is 29.9 Å². The summed E-state index contributed by atoms with van der Waals surface area (Å²) in [5.41, 5.74) is 8.93. The number of H-pyrrole nitrogens is 1. The zero-order valence-corrected chi connectivity index (χ0v) is 21.2. The minimum Gasteiger partial charge on any atom is -0.468 e. The zero-order valence-electron chi connectivity index (χ0n) is 21.2. The molecule has 0 radical (unpaired) electrons. The highest BCUT2D eigenvalue weighted by Crippen LogP contribution is 2.36. The minimum absolute atomic E-state index is 0.0779. The summed E-state index contributed by atoms with van der Waals surface area (Å²) in [6, 6.07) is 22.0. The van der Waals surface area contributed by atoms with Crippen molar-refractivity contribution in [3.8, 4) is 39.8 Å². The lowest BCUT2D eigenvalue weighted by Crippen LogP contribution is -2.57. The van der Waals surface area contributed by atoms with Gasteiger partial charge in [0, 0.05) is 23.9 Å². The Hall–Kier alpha value is -4.35. The van der Waals surface area contributed by atoms with Crippen molar-refractivity contribution in [2.24, 2.45) is 5.73 Å². The summed E-state index contributed by atoms with van der Waals surface area (Å²) >= 11 is 0. The van der Waals surface area contributed by atoms with Gasteiger partial charge in [-0.25, -0.2) is 9.37 Å². The van der Waals surface area contributed by atoms with Crippen molar-refractivity contribution in [1.29, 1.82) is 0 Å². The Labute approximate surface area is 228 Å². The quantitative estimate of drug-likeness (QED) is 0.289. The van der Waals surface area contributed by atoms with E-state index in [0.717, 1.165) is 11.1 Å². The number of pyridine rings is 2. The number of hydrogen-bond acceptors (Lipinski definition) is 8. The molecule has 7 rings (SSSR count). The summed E-state index contributed by atoms with van der Waals surface area (Å²) in [4.78, 5) is 11.6. The number of nitrogens with one attached hydrogen (secondary N) is 1. The zero-order chi connectivity index (χ0) is 27.3. The van der Waals surface area contributed by atoms with Gasteiger partial charge in [-0.05, 0) is 35.4 Å². The average Bonchev–Trinajstić information content (AvgIpc) is 3.61. The lowest BCUT2D eigenvalue weighted by molar-refractivity contribution is -0.0637. The first-order valence-corrected chi connectivity index (χ1v) is 12.8. The molecule has 0 unspecified atom stereocenters. The van der Waals surface area contributed by atoms with Crippen molar-refractivity contribution in [3.05, 3.63) is 91.0 Å². The highest BCUT2D eigenvalue weighted by atomic mass is 19.1. The number of halogens is 1. The van der Waals surface area contributed by atoms with E-state index in [1.54, 1.807) is 18.5 Å². The molecule has 9 nitrogen and oxygen atoms in total. The number of fused-ring (bicyclic) bond motifs is 2. The van der Waals surface area contributed by atoms with Gasteiger partial charge in [0.05, 0.1) is 30.4 Å². The Balaban J connectivity index is 1.09. The van der Waals surface area contributed by atoms with E-state index in [2.05, 4.69) is 15.0 Å². The predicted molar refractivity (Wildman–Crippen MR) is 144 cm³/mol. The van der Waals surface area contributed by atoms with Gasteiger partial charge in [0.15, 0.2) is 23.5 Å². The molecule has 0 spiro atoms. The monoisotopic (exact) mass is 540 g/mol. The molecule has 10 heteroatoms. The molecular formula is C30H25FN4O5. The Morgan fingerprint density at radius 1 is 0.975 bits per heavy atom. The van der Waals surface area contributed by atoms with E-state index in [1.165, 1.54) is 6.07 Å². The van der Waals surface area contributed by atoms with Crippen molar-refractivity contribution >= 4 is 11.0 Å². The average molecular weight is 541 g/mol. The number of benzene rings is 2. The van der Waals surface area contributed by atoms with Crippen LogP contribution in [0.1, 0.15) is 0 Å². The second kappa shape index (κ2) is 9.68. The van der Waals surface area contributed by atoms with Crippen LogP contribution in [-0.4, -0.2) is 57.3 Å². The first-order chi connectivity index (χ1) is 19.5. The number of hydrogen-bond donors (Lipinski definition) is 3. The number of aromatic nitrogens is 3. The normalized spacial score (nSPS) is 23.8. The standard InChI is InChI=1S/C30H25FN4O5/c31-22-12-23-24(13-27(34-23)40-26-16-37-29-25(36)15-38-30(26,29)32)35-28(22)19-5-3-17(4-6-19)18-7-9-20(10-8-18)39-21-2-1-11-33-14-21/h1-14,25-26,29,34,36H,15-16,32H2/t25-,26-,29-,30-/m1/s1. The second-order valence-electron chi connectivity index (χ2n) is 9.87. The molecule has 0 amide bonds. The van der Waals surface area contributed by atoms with Gasteiger partial charge in [-0.1, -0.05) is 36.4 Å². The molecule has 3 aromatic heterocycles. The molecule has 2 aliphatic rings. The van der Waals surface area contributed by atoms with E-state index in [1.807, 2.05) is 60.7 Å². The van der Waals surface area contributed by atoms with Crippen LogP contribution in [0.25, 0.3) is 33.4 Å². The van der Waals surface area contributed by atoms with Gasteiger partial charge in [-0.3, -0.25) is 10.7 Å². The fourth-order valence-electron chi connectivity index (χ4n) is 5.17. The molecule has 4 N–H and O–H groups in total. The van der Waals surface area contributed by atoms with Crippen molar-refractivity contribution in [2.45, 2.75) is 24.0 Å². The van der Waals surface area contributed by atoms with Crippen molar-refractivity contribution < 1.29 is 28.4 Å². The van der Waals surface area contributed by atoms with Gasteiger partial charge >= 0.3 is 0 Å². The van der Waals surface area contributed by atoms with E-state index in [0.29, 0.717) is 34.0 Å². The Morgan fingerprint density at radius 3 is 2.48 bits per heavy atom. The number of ether oxygens (including phenoxy) is 4. The van der Waals surface area contributed by atoms with Crippen LogP contribution < -0.4 is 15.2 Å². The molecule has 5 aromatic rings. The van der Waals surface area contributed by atoms with Crippen molar-refractivity contribution in [3.63, 3.8) is 0 Å². The Bertz CT molecular complexity index is 1660. The fourth-order valence-corrected chi connectivity index (χ4v) is 5.17. The summed E-state index contributed by atoms with van der Waals surface area (Å²) in [6.07, 6.45) is 1.24. The van der Waals surface area contributed by atoms with Gasteiger partial charge in [0.1, 0.15) is 29.4 Å². The molecule has 2 aromatic carbocycles. The first kappa shape index (κ1) is 24.7. The Morgan fingerprint density at radius 2 is 1.73 bits per heavy atom. The third kappa shape index (κ3) is 4.37. The minimum atomic E-state index is -1.25. The number of nitrogens with zero attached hydrogens (tertiary/aromatic N) is 2. The van der Waals surface area contributed by atoms with Gasteiger partial charge < -0.3 is 29.0 Å². The number of aliphatic hydroxyl groups is 1. The van der Waals surface area contributed by atoms with Crippen LogP contribution >= 0.6 is 0 Å². The van der Waals surface area contributed by atoms with E-state index in [4.69, 9.17) is 24.7 Å². The highest BCUT2D eigenvalue weighted by Gasteiger charge is 2.59. The molecule has 4 atom stereocenters. The van der Waals surface area contributed by atoms with Crippen LogP contribution in [0.15, 0.2) is 85.2 Å². The number of aliphatic hydroxyl groups excluding tert-OH is 1. The molecule has 2 saturated heterocycles. The second-order valence-corrected chi connectivity index (χ2v) is 9.87. The highest BCUT2D eigenvalue weighted by molar-refractivity contribution is 5.81. The van der Waals surface area contributed by atoms with Crippen LogP contribution in [0, 0.1) is 5.82 Å². The molecule has 0 bridgehead atoms. The maximum absolute atomic E-state index is 15.1. The smallest absolute Gasteiger partial charge is 0.194 e. The third-order valence-electron chi connectivity index (χ3n) is 7.25. The Kier molecular flexibility index (Phi) is 5.97. The summed E-state index contributed by atoms with van der Waals surface area (Å²) in [6.45, 7) is 0.238. The maximum atomic E-state index is 15.1. The maximum Gasteiger partial charge on any atom is 0.194 e.